The van der Waals surface area contributed by atoms with Crippen molar-refractivity contribution < 1.29 is 19.4 Å². The van der Waals surface area contributed by atoms with Gasteiger partial charge in [-0.15, -0.1) is 0 Å². The second-order valence-corrected chi connectivity index (χ2v) is 3.69. The first kappa shape index (κ1) is 14.1. The highest BCUT2D eigenvalue weighted by Gasteiger charge is 2.10. The van der Waals surface area contributed by atoms with Crippen molar-refractivity contribution in [1.29, 1.82) is 0 Å². The van der Waals surface area contributed by atoms with Gasteiger partial charge in [0.1, 0.15) is 5.69 Å². The first-order valence-electron chi connectivity index (χ1n) is 5.61. The maximum atomic E-state index is 11.7. The van der Waals surface area contributed by atoms with Gasteiger partial charge in [0.15, 0.2) is 0 Å². The van der Waals surface area contributed by atoms with E-state index in [0.717, 1.165) is 12.8 Å². The summed E-state index contributed by atoms with van der Waals surface area (Å²) in [4.78, 5) is 26.2. The van der Waals surface area contributed by atoms with E-state index >= 15 is 0 Å². The van der Waals surface area contributed by atoms with E-state index in [9.17, 15) is 9.59 Å². The smallest absolute Gasteiger partial charge is 0.335 e. The van der Waals surface area contributed by atoms with E-state index < -0.39 is 5.97 Å². The van der Waals surface area contributed by atoms with Crippen molar-refractivity contribution in [2.75, 3.05) is 20.3 Å². The largest absolute Gasteiger partial charge is 0.478 e. The lowest BCUT2D eigenvalue weighted by Crippen LogP contribution is -2.25. The number of ether oxygens (including phenoxy) is 1. The fraction of sp³-hybridized carbons (Fsp3) is 0.417. The molecule has 0 aliphatic carbocycles. The number of carboxylic acids is 1. The summed E-state index contributed by atoms with van der Waals surface area (Å²) >= 11 is 0. The summed E-state index contributed by atoms with van der Waals surface area (Å²) in [5, 5.41) is 11.5. The third-order valence-corrected chi connectivity index (χ3v) is 2.30. The second-order valence-electron chi connectivity index (χ2n) is 3.69. The number of hydrogen-bond donors (Lipinski definition) is 2. The van der Waals surface area contributed by atoms with Crippen LogP contribution in [-0.2, 0) is 4.74 Å². The Morgan fingerprint density at radius 2 is 2.22 bits per heavy atom. The third kappa shape index (κ3) is 4.50. The predicted octanol–water partition coefficient (Wildman–Crippen LogP) is 0.936. The Labute approximate surface area is 105 Å². The van der Waals surface area contributed by atoms with Crippen LogP contribution in [0.1, 0.15) is 33.7 Å². The first-order chi connectivity index (χ1) is 8.65. The first-order valence-corrected chi connectivity index (χ1v) is 5.61. The summed E-state index contributed by atoms with van der Waals surface area (Å²) < 4.78 is 4.89. The Hall–Kier alpha value is -1.95. The van der Waals surface area contributed by atoms with Crippen LogP contribution < -0.4 is 5.32 Å². The topological polar surface area (TPSA) is 88.5 Å². The van der Waals surface area contributed by atoms with Crippen molar-refractivity contribution in [3.8, 4) is 0 Å². The van der Waals surface area contributed by atoms with E-state index in [0.29, 0.717) is 13.2 Å². The van der Waals surface area contributed by atoms with Gasteiger partial charge in [0.05, 0.1) is 5.56 Å². The molecular formula is C12H16N2O4. The fourth-order valence-electron chi connectivity index (χ4n) is 1.35. The van der Waals surface area contributed by atoms with Gasteiger partial charge in [-0.2, -0.15) is 0 Å². The molecule has 18 heavy (non-hydrogen) atoms. The molecular weight excluding hydrogens is 236 g/mol. The molecule has 98 valence electrons. The molecule has 6 nitrogen and oxygen atoms in total. The number of carboxylic acid groups (broad SMARTS) is 1. The molecule has 1 aromatic heterocycles. The lowest BCUT2D eigenvalue weighted by Gasteiger charge is -2.04. The monoisotopic (exact) mass is 252 g/mol. The summed E-state index contributed by atoms with van der Waals surface area (Å²) in [6.07, 6.45) is 2.97. The summed E-state index contributed by atoms with van der Waals surface area (Å²) in [5.41, 5.74) is 0.163. The normalized spacial score (nSPS) is 10.1. The van der Waals surface area contributed by atoms with Gasteiger partial charge in [0.25, 0.3) is 5.91 Å². The van der Waals surface area contributed by atoms with Gasteiger partial charge >= 0.3 is 5.97 Å². The van der Waals surface area contributed by atoms with Crippen LogP contribution in [-0.4, -0.2) is 42.2 Å². The van der Waals surface area contributed by atoms with Crippen molar-refractivity contribution in [1.82, 2.24) is 10.3 Å². The standard InChI is InChI=1S/C12H16N2O4/c1-18-7-3-2-5-14-11(15)10-8-9(12(16)17)4-6-13-10/h4,6,8H,2-3,5,7H2,1H3,(H,14,15)(H,16,17). The minimum Gasteiger partial charge on any atom is -0.478 e. The van der Waals surface area contributed by atoms with Crippen molar-refractivity contribution in [2.45, 2.75) is 12.8 Å². The van der Waals surface area contributed by atoms with E-state index in [1.807, 2.05) is 0 Å². The molecule has 0 atom stereocenters. The molecule has 2 N–H and O–H groups in total. The minimum atomic E-state index is -1.08. The Morgan fingerprint density at radius 1 is 1.44 bits per heavy atom. The number of carbonyl (C=O) groups excluding carboxylic acids is 1. The lowest BCUT2D eigenvalue weighted by molar-refractivity contribution is 0.0696. The van der Waals surface area contributed by atoms with Crippen LogP contribution in [0.2, 0.25) is 0 Å². The predicted molar refractivity (Wildman–Crippen MR) is 64.6 cm³/mol. The van der Waals surface area contributed by atoms with Gasteiger partial charge < -0.3 is 15.2 Å². The summed E-state index contributed by atoms with van der Waals surface area (Å²) in [7, 11) is 1.62. The molecule has 0 unspecified atom stereocenters. The number of methoxy groups -OCH3 is 1. The number of amides is 1. The number of unbranched alkanes of at least 4 members (excludes halogenated alkanes) is 1. The van der Waals surface area contributed by atoms with Crippen molar-refractivity contribution >= 4 is 11.9 Å². The highest BCUT2D eigenvalue weighted by atomic mass is 16.5. The summed E-state index contributed by atoms with van der Waals surface area (Å²) in [5.74, 6) is -1.44. The number of hydrogen-bond acceptors (Lipinski definition) is 4. The Kier molecular flexibility index (Phi) is 5.79. The second kappa shape index (κ2) is 7.39. The number of rotatable bonds is 7. The molecule has 1 rings (SSSR count). The Balaban J connectivity index is 2.46. The van der Waals surface area contributed by atoms with Gasteiger partial charge in [-0.3, -0.25) is 9.78 Å². The molecule has 0 saturated heterocycles. The van der Waals surface area contributed by atoms with Crippen molar-refractivity contribution in [2.24, 2.45) is 0 Å². The number of pyridine rings is 1. The molecule has 6 heteroatoms. The highest BCUT2D eigenvalue weighted by molar-refractivity contribution is 5.95. The van der Waals surface area contributed by atoms with E-state index in [-0.39, 0.29) is 17.2 Å². The number of nitrogens with zero attached hydrogens (tertiary/aromatic N) is 1. The SMILES string of the molecule is COCCCCNC(=O)c1cc(C(=O)O)ccn1. The van der Waals surface area contributed by atoms with Crippen LogP contribution in [0.15, 0.2) is 18.3 Å². The van der Waals surface area contributed by atoms with Crippen LogP contribution in [0.25, 0.3) is 0 Å². The van der Waals surface area contributed by atoms with Gasteiger partial charge in [0.2, 0.25) is 0 Å². The molecule has 0 aromatic carbocycles. The van der Waals surface area contributed by atoms with Gasteiger partial charge in [0, 0.05) is 26.5 Å². The van der Waals surface area contributed by atoms with E-state index in [1.54, 1.807) is 7.11 Å². The Bertz CT molecular complexity index is 420. The minimum absolute atomic E-state index is 0.0505. The zero-order valence-electron chi connectivity index (χ0n) is 10.2. The van der Waals surface area contributed by atoms with E-state index in [4.69, 9.17) is 9.84 Å². The lowest BCUT2D eigenvalue weighted by atomic mass is 10.2. The molecule has 0 bridgehead atoms. The average Bonchev–Trinajstić information content (AvgIpc) is 2.38. The molecule has 1 amide bonds. The molecule has 1 aromatic rings. The maximum Gasteiger partial charge on any atom is 0.335 e. The van der Waals surface area contributed by atoms with E-state index in [1.165, 1.54) is 18.3 Å². The van der Waals surface area contributed by atoms with Gasteiger partial charge in [-0.1, -0.05) is 0 Å². The van der Waals surface area contributed by atoms with Gasteiger partial charge in [-0.25, -0.2) is 4.79 Å². The highest BCUT2D eigenvalue weighted by Crippen LogP contribution is 2.02. The average molecular weight is 252 g/mol. The summed E-state index contributed by atoms with van der Waals surface area (Å²) in [6, 6.07) is 2.60. The third-order valence-electron chi connectivity index (χ3n) is 2.30. The maximum absolute atomic E-state index is 11.7. The molecule has 0 fully saturated rings. The zero-order chi connectivity index (χ0) is 13.4. The summed E-state index contributed by atoms with van der Waals surface area (Å²) in [6.45, 7) is 1.17. The van der Waals surface area contributed by atoms with E-state index in [2.05, 4.69) is 10.3 Å². The fourth-order valence-corrected chi connectivity index (χ4v) is 1.35. The number of aromatic carboxylic acids is 1. The quantitative estimate of drug-likeness (QED) is 0.705. The number of carbonyl (C=O) groups is 2. The van der Waals surface area contributed by atoms with Crippen LogP contribution in [0.5, 0.6) is 0 Å². The van der Waals surface area contributed by atoms with Crippen LogP contribution in [0, 0.1) is 0 Å². The van der Waals surface area contributed by atoms with Crippen molar-refractivity contribution in [3.05, 3.63) is 29.6 Å². The van der Waals surface area contributed by atoms with Crippen molar-refractivity contribution in [3.63, 3.8) is 0 Å². The van der Waals surface area contributed by atoms with Crippen LogP contribution >= 0.6 is 0 Å². The number of aromatic nitrogens is 1. The molecule has 0 aliphatic heterocycles. The van der Waals surface area contributed by atoms with Crippen LogP contribution in [0.4, 0.5) is 0 Å². The Morgan fingerprint density at radius 3 is 2.89 bits per heavy atom. The molecule has 0 aliphatic rings. The molecule has 0 saturated carbocycles. The zero-order valence-corrected chi connectivity index (χ0v) is 10.2. The van der Waals surface area contributed by atoms with Crippen LogP contribution in [0.3, 0.4) is 0 Å². The molecule has 0 spiro atoms. The number of nitrogens with one attached hydrogen (secondary N) is 1. The molecule has 0 radical (unpaired) electrons. The molecule has 1 heterocycles. The van der Waals surface area contributed by atoms with Gasteiger partial charge in [-0.05, 0) is 25.0 Å².